The molecule has 3 rings (SSSR count). The monoisotopic (exact) mass is 335 g/mol. The van der Waals surface area contributed by atoms with Crippen molar-refractivity contribution in [3.8, 4) is 0 Å². The first kappa shape index (κ1) is 16.5. The minimum absolute atomic E-state index is 0.176. The predicted octanol–water partition coefficient (Wildman–Crippen LogP) is 3.48. The summed E-state index contributed by atoms with van der Waals surface area (Å²) in [4.78, 5) is 26.1. The zero-order valence-electron chi connectivity index (χ0n) is 13.7. The zero-order valence-corrected chi connectivity index (χ0v) is 14.5. The molecule has 2 atom stereocenters. The van der Waals surface area contributed by atoms with E-state index in [0.717, 1.165) is 32.1 Å². The van der Waals surface area contributed by atoms with Gasteiger partial charge in [-0.25, -0.2) is 4.79 Å². The molecule has 126 valence electrons. The van der Waals surface area contributed by atoms with Gasteiger partial charge >= 0.3 is 5.97 Å². The van der Waals surface area contributed by atoms with Crippen molar-refractivity contribution in [3.05, 3.63) is 21.4 Å². The number of rotatable bonds is 4. The second kappa shape index (κ2) is 7.47. The van der Waals surface area contributed by atoms with Crippen LogP contribution < -0.4 is 5.32 Å². The summed E-state index contributed by atoms with van der Waals surface area (Å²) < 4.78 is 5.20. The van der Waals surface area contributed by atoms with Crippen LogP contribution in [-0.2, 0) is 22.4 Å². The smallest absolute Gasteiger partial charge is 0.348 e. The molecule has 0 aliphatic heterocycles. The van der Waals surface area contributed by atoms with E-state index in [1.807, 2.05) is 6.07 Å². The molecule has 0 saturated heterocycles. The Labute approximate surface area is 141 Å². The summed E-state index contributed by atoms with van der Waals surface area (Å²) in [5.74, 6) is -0.0397. The van der Waals surface area contributed by atoms with Gasteiger partial charge in [0.05, 0.1) is 0 Å². The van der Waals surface area contributed by atoms with Gasteiger partial charge in [-0.3, -0.25) is 4.79 Å². The largest absolute Gasteiger partial charge is 0.451 e. The Kier molecular flexibility index (Phi) is 5.36. The van der Waals surface area contributed by atoms with Gasteiger partial charge in [0.25, 0.3) is 5.91 Å². The van der Waals surface area contributed by atoms with Crippen molar-refractivity contribution in [2.45, 2.75) is 64.3 Å². The van der Waals surface area contributed by atoms with Crippen molar-refractivity contribution < 1.29 is 14.3 Å². The van der Waals surface area contributed by atoms with Gasteiger partial charge in [-0.15, -0.1) is 11.3 Å². The van der Waals surface area contributed by atoms with Crippen molar-refractivity contribution in [1.29, 1.82) is 0 Å². The van der Waals surface area contributed by atoms with Gasteiger partial charge in [0.1, 0.15) is 4.88 Å². The lowest BCUT2D eigenvalue weighted by Gasteiger charge is -2.29. The lowest BCUT2D eigenvalue weighted by Crippen LogP contribution is -2.42. The fraction of sp³-hybridized carbons (Fsp3) is 0.667. The van der Waals surface area contributed by atoms with E-state index in [1.54, 1.807) is 0 Å². The second-order valence-corrected chi connectivity index (χ2v) is 7.91. The molecular weight excluding hydrogens is 310 g/mol. The minimum Gasteiger partial charge on any atom is -0.451 e. The maximum atomic E-state index is 12.1. The summed E-state index contributed by atoms with van der Waals surface area (Å²) >= 11 is 1.52. The van der Waals surface area contributed by atoms with E-state index in [1.165, 1.54) is 41.0 Å². The molecule has 1 aromatic heterocycles. The Morgan fingerprint density at radius 2 is 2.00 bits per heavy atom. The van der Waals surface area contributed by atoms with E-state index in [9.17, 15) is 9.59 Å². The molecular formula is C18H25NO3S. The van der Waals surface area contributed by atoms with Crippen molar-refractivity contribution in [2.24, 2.45) is 5.92 Å². The van der Waals surface area contributed by atoms with Crippen LogP contribution in [-0.4, -0.2) is 24.5 Å². The Morgan fingerprint density at radius 1 is 1.22 bits per heavy atom. The molecule has 1 N–H and O–H groups in total. The molecule has 1 heterocycles. The van der Waals surface area contributed by atoms with Gasteiger partial charge in [0.15, 0.2) is 6.61 Å². The molecule has 2 aliphatic rings. The highest BCUT2D eigenvalue weighted by Crippen LogP contribution is 2.30. The first-order valence-corrected chi connectivity index (χ1v) is 9.53. The summed E-state index contributed by atoms with van der Waals surface area (Å²) in [6.07, 6.45) is 9.10. The average molecular weight is 335 g/mol. The number of nitrogens with one attached hydrogen (secondary N) is 1. The number of ether oxygens (including phenoxy) is 1. The lowest BCUT2D eigenvalue weighted by atomic mass is 9.86. The molecule has 2 aliphatic carbocycles. The van der Waals surface area contributed by atoms with Crippen LogP contribution in [0.15, 0.2) is 6.07 Å². The van der Waals surface area contributed by atoms with Crippen molar-refractivity contribution in [1.82, 2.24) is 5.32 Å². The quantitative estimate of drug-likeness (QED) is 0.857. The first-order valence-electron chi connectivity index (χ1n) is 8.71. The fourth-order valence-electron chi connectivity index (χ4n) is 3.57. The SMILES string of the molecule is C[C@H]1CCCC[C@@H]1NC(=O)COC(=O)c1cc2c(s1)CCCC2. The number of hydrogen-bond acceptors (Lipinski definition) is 4. The number of fused-ring (bicyclic) bond motifs is 1. The van der Waals surface area contributed by atoms with Crippen LogP contribution in [0.4, 0.5) is 0 Å². The summed E-state index contributed by atoms with van der Waals surface area (Å²) in [5.41, 5.74) is 1.29. The van der Waals surface area contributed by atoms with Gasteiger partial charge in [-0.05, 0) is 56.1 Å². The standard InChI is InChI=1S/C18H25NO3S/c1-12-6-2-4-8-14(12)19-17(20)11-22-18(21)16-10-13-7-3-5-9-15(13)23-16/h10,12,14H,2-9,11H2,1H3,(H,19,20)/t12-,14-/m0/s1. The average Bonchev–Trinajstić information content (AvgIpc) is 2.99. The van der Waals surface area contributed by atoms with Crippen molar-refractivity contribution in [3.63, 3.8) is 0 Å². The molecule has 1 fully saturated rings. The molecule has 4 nitrogen and oxygen atoms in total. The van der Waals surface area contributed by atoms with E-state index in [-0.39, 0.29) is 24.5 Å². The number of thiophene rings is 1. The van der Waals surface area contributed by atoms with Crippen LogP contribution in [0.25, 0.3) is 0 Å². The van der Waals surface area contributed by atoms with Crippen LogP contribution in [0.2, 0.25) is 0 Å². The minimum atomic E-state index is -0.365. The van der Waals surface area contributed by atoms with Gasteiger partial charge in [0.2, 0.25) is 0 Å². The number of amides is 1. The first-order chi connectivity index (χ1) is 11.1. The van der Waals surface area contributed by atoms with Gasteiger partial charge in [0, 0.05) is 10.9 Å². The van der Waals surface area contributed by atoms with Crippen LogP contribution in [0.5, 0.6) is 0 Å². The second-order valence-electron chi connectivity index (χ2n) is 6.78. The summed E-state index contributed by atoms with van der Waals surface area (Å²) in [6.45, 7) is 2.00. The molecule has 0 radical (unpaired) electrons. The Balaban J connectivity index is 1.48. The number of carbonyl (C=O) groups excluding carboxylic acids is 2. The van der Waals surface area contributed by atoms with E-state index in [2.05, 4.69) is 12.2 Å². The normalized spacial score (nSPS) is 23.9. The maximum absolute atomic E-state index is 12.1. The van der Waals surface area contributed by atoms with Gasteiger partial charge < -0.3 is 10.1 Å². The Morgan fingerprint density at radius 3 is 2.78 bits per heavy atom. The topological polar surface area (TPSA) is 55.4 Å². The number of carbonyl (C=O) groups is 2. The Bertz CT molecular complexity index is 557. The van der Waals surface area contributed by atoms with E-state index < -0.39 is 0 Å². The van der Waals surface area contributed by atoms with Crippen molar-refractivity contribution in [2.75, 3.05) is 6.61 Å². The number of esters is 1. The maximum Gasteiger partial charge on any atom is 0.348 e. The highest BCUT2D eigenvalue weighted by Gasteiger charge is 2.24. The molecule has 0 unspecified atom stereocenters. The molecule has 0 aromatic carbocycles. The third kappa shape index (κ3) is 4.14. The predicted molar refractivity (Wildman–Crippen MR) is 90.8 cm³/mol. The van der Waals surface area contributed by atoms with Crippen LogP contribution >= 0.6 is 11.3 Å². The summed E-state index contributed by atoms with van der Waals surface area (Å²) in [6, 6.07) is 2.17. The molecule has 0 bridgehead atoms. The van der Waals surface area contributed by atoms with Crippen LogP contribution in [0.3, 0.4) is 0 Å². The number of hydrogen-bond donors (Lipinski definition) is 1. The third-order valence-corrected chi connectivity index (χ3v) is 6.21. The van der Waals surface area contributed by atoms with E-state index in [4.69, 9.17) is 4.74 Å². The molecule has 5 heteroatoms. The summed E-state index contributed by atoms with van der Waals surface area (Å²) in [7, 11) is 0. The van der Waals surface area contributed by atoms with Gasteiger partial charge in [-0.2, -0.15) is 0 Å². The molecule has 23 heavy (non-hydrogen) atoms. The van der Waals surface area contributed by atoms with Crippen molar-refractivity contribution >= 4 is 23.2 Å². The molecule has 1 amide bonds. The third-order valence-electron chi connectivity index (χ3n) is 4.99. The zero-order chi connectivity index (χ0) is 16.2. The highest BCUT2D eigenvalue weighted by molar-refractivity contribution is 7.14. The van der Waals surface area contributed by atoms with Gasteiger partial charge in [-0.1, -0.05) is 19.8 Å². The van der Waals surface area contributed by atoms with E-state index in [0.29, 0.717) is 10.8 Å². The molecule has 1 aromatic rings. The Hall–Kier alpha value is -1.36. The highest BCUT2D eigenvalue weighted by atomic mass is 32.1. The molecule has 0 spiro atoms. The number of aryl methyl sites for hydroxylation is 2. The van der Waals surface area contributed by atoms with Crippen LogP contribution in [0.1, 0.15) is 65.6 Å². The fourth-order valence-corrected chi connectivity index (χ4v) is 4.72. The van der Waals surface area contributed by atoms with E-state index >= 15 is 0 Å². The lowest BCUT2D eigenvalue weighted by molar-refractivity contribution is -0.125. The van der Waals surface area contributed by atoms with Crippen LogP contribution in [0, 0.1) is 5.92 Å². The summed E-state index contributed by atoms with van der Waals surface area (Å²) in [5, 5.41) is 3.01. The molecule has 1 saturated carbocycles.